The first kappa shape index (κ1) is 12.9. The van der Waals surface area contributed by atoms with E-state index < -0.39 is 0 Å². The molecular weight excluding hydrogens is 233 g/mol. The second-order valence-electron chi connectivity index (χ2n) is 5.06. The van der Waals surface area contributed by atoms with Gasteiger partial charge in [0.1, 0.15) is 5.82 Å². The third-order valence-corrected chi connectivity index (χ3v) is 4.97. The summed E-state index contributed by atoms with van der Waals surface area (Å²) in [5.41, 5.74) is 1.02. The normalized spacial score (nSPS) is 26.1. The first-order valence-electron chi connectivity index (χ1n) is 6.22. The second-order valence-corrected chi connectivity index (χ2v) is 6.74. The molecule has 3 heteroatoms. The Morgan fingerprint density at radius 3 is 3.00 bits per heavy atom. The number of thioether (sulfide) groups is 1. The third kappa shape index (κ3) is 3.46. The van der Waals surface area contributed by atoms with Crippen LogP contribution in [0, 0.1) is 5.82 Å². The lowest BCUT2D eigenvalue weighted by Gasteiger charge is -2.25. The van der Waals surface area contributed by atoms with E-state index in [1.54, 1.807) is 12.1 Å². The van der Waals surface area contributed by atoms with Crippen molar-refractivity contribution >= 4 is 11.8 Å². The fourth-order valence-corrected chi connectivity index (χ4v) is 3.49. The number of halogens is 1. The van der Waals surface area contributed by atoms with E-state index in [0.29, 0.717) is 4.75 Å². The average Bonchev–Trinajstić information content (AvgIpc) is 2.74. The van der Waals surface area contributed by atoms with E-state index in [1.165, 1.54) is 24.7 Å². The molecule has 2 rings (SSSR count). The summed E-state index contributed by atoms with van der Waals surface area (Å²) in [5, 5.41) is 3.52. The minimum absolute atomic E-state index is 0.155. The molecule has 1 aliphatic heterocycles. The molecule has 2 unspecified atom stereocenters. The SMILES string of the molecule is CC(NCC1(C)CCCS1)c1cccc(F)c1. The van der Waals surface area contributed by atoms with E-state index in [1.807, 2.05) is 17.8 Å². The van der Waals surface area contributed by atoms with Gasteiger partial charge in [-0.3, -0.25) is 0 Å². The van der Waals surface area contributed by atoms with E-state index in [-0.39, 0.29) is 11.9 Å². The summed E-state index contributed by atoms with van der Waals surface area (Å²) in [6.07, 6.45) is 2.59. The fourth-order valence-electron chi connectivity index (χ4n) is 2.24. The van der Waals surface area contributed by atoms with Gasteiger partial charge >= 0.3 is 0 Å². The van der Waals surface area contributed by atoms with Crippen molar-refractivity contribution in [1.82, 2.24) is 5.32 Å². The molecule has 0 spiro atoms. The highest BCUT2D eigenvalue weighted by molar-refractivity contribution is 8.00. The monoisotopic (exact) mass is 253 g/mol. The molecule has 1 aromatic rings. The molecular formula is C14H20FNS. The molecule has 1 aromatic carbocycles. The molecule has 1 aliphatic rings. The maximum atomic E-state index is 13.1. The van der Waals surface area contributed by atoms with E-state index >= 15 is 0 Å². The molecule has 0 amide bonds. The van der Waals surface area contributed by atoms with E-state index in [9.17, 15) is 4.39 Å². The molecule has 1 fully saturated rings. The lowest BCUT2D eigenvalue weighted by atomic mass is 10.0. The van der Waals surface area contributed by atoms with Crippen molar-refractivity contribution in [2.45, 2.75) is 37.5 Å². The van der Waals surface area contributed by atoms with Crippen LogP contribution in [0.15, 0.2) is 24.3 Å². The van der Waals surface area contributed by atoms with Crippen molar-refractivity contribution in [2.75, 3.05) is 12.3 Å². The smallest absolute Gasteiger partial charge is 0.123 e. The van der Waals surface area contributed by atoms with Gasteiger partial charge in [0.2, 0.25) is 0 Å². The standard InChI is InChI=1S/C14H20FNS/c1-11(12-5-3-6-13(15)9-12)16-10-14(2)7-4-8-17-14/h3,5-6,9,11,16H,4,7-8,10H2,1-2H3. The number of hydrogen-bond acceptors (Lipinski definition) is 2. The van der Waals surface area contributed by atoms with Crippen LogP contribution in [0.25, 0.3) is 0 Å². The lowest BCUT2D eigenvalue weighted by Crippen LogP contribution is -2.34. The summed E-state index contributed by atoms with van der Waals surface area (Å²) in [6.45, 7) is 5.41. The zero-order chi connectivity index (χ0) is 12.3. The highest BCUT2D eigenvalue weighted by Crippen LogP contribution is 2.37. The molecule has 0 radical (unpaired) electrons. The molecule has 1 saturated heterocycles. The Kier molecular flexibility index (Phi) is 4.10. The summed E-state index contributed by atoms with van der Waals surface area (Å²) in [7, 11) is 0. The van der Waals surface area contributed by atoms with E-state index in [2.05, 4.69) is 19.2 Å². The van der Waals surface area contributed by atoms with Crippen molar-refractivity contribution in [3.05, 3.63) is 35.6 Å². The van der Waals surface area contributed by atoms with Gasteiger partial charge in [0.25, 0.3) is 0 Å². The van der Waals surface area contributed by atoms with Crippen LogP contribution in [0.1, 0.15) is 38.3 Å². The predicted octanol–water partition coefficient (Wildman–Crippen LogP) is 3.76. The second kappa shape index (κ2) is 5.40. The van der Waals surface area contributed by atoms with Crippen LogP contribution in [0.3, 0.4) is 0 Å². The maximum Gasteiger partial charge on any atom is 0.123 e. The van der Waals surface area contributed by atoms with E-state index in [4.69, 9.17) is 0 Å². The minimum atomic E-state index is -0.155. The highest BCUT2D eigenvalue weighted by Gasteiger charge is 2.29. The highest BCUT2D eigenvalue weighted by atomic mass is 32.2. The van der Waals surface area contributed by atoms with Crippen molar-refractivity contribution in [3.8, 4) is 0 Å². The first-order valence-corrected chi connectivity index (χ1v) is 7.20. The zero-order valence-corrected chi connectivity index (χ0v) is 11.3. The average molecular weight is 253 g/mol. The van der Waals surface area contributed by atoms with Crippen molar-refractivity contribution < 1.29 is 4.39 Å². The van der Waals surface area contributed by atoms with E-state index in [0.717, 1.165) is 12.1 Å². The fraction of sp³-hybridized carbons (Fsp3) is 0.571. The Morgan fingerprint density at radius 2 is 2.35 bits per heavy atom. The number of rotatable bonds is 4. The molecule has 0 aromatic heterocycles. The van der Waals surface area contributed by atoms with Gasteiger partial charge in [0, 0.05) is 17.3 Å². The summed E-state index contributed by atoms with van der Waals surface area (Å²) < 4.78 is 13.5. The third-order valence-electron chi connectivity index (χ3n) is 3.43. The van der Waals surface area contributed by atoms with Crippen LogP contribution in [-0.4, -0.2) is 17.0 Å². The van der Waals surface area contributed by atoms with Crippen LogP contribution in [0.4, 0.5) is 4.39 Å². The van der Waals surface area contributed by atoms with Crippen LogP contribution >= 0.6 is 11.8 Å². The van der Waals surface area contributed by atoms with Gasteiger partial charge in [-0.1, -0.05) is 12.1 Å². The number of hydrogen-bond donors (Lipinski definition) is 1. The largest absolute Gasteiger partial charge is 0.309 e. The van der Waals surface area contributed by atoms with Crippen LogP contribution in [0.5, 0.6) is 0 Å². The Bertz CT molecular complexity index is 374. The molecule has 0 bridgehead atoms. The molecule has 2 atom stereocenters. The first-order chi connectivity index (χ1) is 8.09. The quantitative estimate of drug-likeness (QED) is 0.877. The van der Waals surface area contributed by atoms with Gasteiger partial charge in [0.05, 0.1) is 0 Å². The van der Waals surface area contributed by atoms with Crippen LogP contribution in [0.2, 0.25) is 0 Å². The van der Waals surface area contributed by atoms with Gasteiger partial charge in [-0.25, -0.2) is 4.39 Å². The topological polar surface area (TPSA) is 12.0 Å². The molecule has 1 nitrogen and oxygen atoms in total. The maximum absolute atomic E-state index is 13.1. The Balaban J connectivity index is 1.91. The van der Waals surface area contributed by atoms with Crippen molar-refractivity contribution in [3.63, 3.8) is 0 Å². The molecule has 0 aliphatic carbocycles. The van der Waals surface area contributed by atoms with Gasteiger partial charge in [-0.2, -0.15) is 11.8 Å². The predicted molar refractivity (Wildman–Crippen MR) is 72.9 cm³/mol. The van der Waals surface area contributed by atoms with Crippen molar-refractivity contribution in [2.24, 2.45) is 0 Å². The molecule has 17 heavy (non-hydrogen) atoms. The molecule has 0 saturated carbocycles. The Hall–Kier alpha value is -0.540. The Morgan fingerprint density at radius 1 is 1.53 bits per heavy atom. The summed E-state index contributed by atoms with van der Waals surface area (Å²) >= 11 is 2.05. The summed E-state index contributed by atoms with van der Waals surface area (Å²) in [4.78, 5) is 0. The van der Waals surface area contributed by atoms with Crippen LogP contribution < -0.4 is 5.32 Å². The van der Waals surface area contributed by atoms with Gasteiger partial charge in [-0.15, -0.1) is 0 Å². The van der Waals surface area contributed by atoms with Gasteiger partial charge < -0.3 is 5.32 Å². The molecule has 94 valence electrons. The number of nitrogens with one attached hydrogen (secondary N) is 1. The summed E-state index contributed by atoms with van der Waals surface area (Å²) in [6, 6.07) is 7.06. The lowest BCUT2D eigenvalue weighted by molar-refractivity contribution is 0.488. The van der Waals surface area contributed by atoms with Crippen LogP contribution in [-0.2, 0) is 0 Å². The minimum Gasteiger partial charge on any atom is -0.309 e. The number of benzene rings is 1. The van der Waals surface area contributed by atoms with Crippen molar-refractivity contribution in [1.29, 1.82) is 0 Å². The van der Waals surface area contributed by atoms with Gasteiger partial charge in [-0.05, 0) is 50.1 Å². The summed E-state index contributed by atoms with van der Waals surface area (Å²) in [5.74, 6) is 1.12. The zero-order valence-electron chi connectivity index (χ0n) is 10.5. The molecule has 1 N–H and O–H groups in total. The molecule has 1 heterocycles. The van der Waals surface area contributed by atoms with Gasteiger partial charge in [0.15, 0.2) is 0 Å². The Labute approximate surface area is 107 Å².